The lowest BCUT2D eigenvalue weighted by molar-refractivity contribution is -0.124. The van der Waals surface area contributed by atoms with Crippen LogP contribution in [0.1, 0.15) is 16.8 Å². The molecule has 4 rings (SSSR count). The van der Waals surface area contributed by atoms with Gasteiger partial charge in [0.15, 0.2) is 5.11 Å². The van der Waals surface area contributed by atoms with E-state index in [0.29, 0.717) is 53.4 Å². The minimum absolute atomic E-state index is 0.0784. The zero-order valence-electron chi connectivity index (χ0n) is 19.8. The highest BCUT2D eigenvalue weighted by Crippen LogP contribution is 2.28. The number of thiocarbonyl (C=S) groups is 1. The number of rotatable bonds is 8. The fourth-order valence-electron chi connectivity index (χ4n) is 4.18. The molecule has 0 spiro atoms. The van der Waals surface area contributed by atoms with Crippen molar-refractivity contribution in [2.24, 2.45) is 0 Å². The van der Waals surface area contributed by atoms with Crippen LogP contribution in [0.2, 0.25) is 5.02 Å². The largest absolute Gasteiger partial charge is 0.465 e. The number of carbonyl (C=O) groups excluding carboxylic acids is 3. The lowest BCUT2D eigenvalue weighted by atomic mass is 10.1. The third-order valence-corrected chi connectivity index (χ3v) is 6.80. The predicted molar refractivity (Wildman–Crippen MR) is 140 cm³/mol. The maximum Gasteiger partial charge on any atom is 0.337 e. The van der Waals surface area contributed by atoms with Crippen LogP contribution >= 0.6 is 23.8 Å². The second-order valence-corrected chi connectivity index (χ2v) is 9.22. The van der Waals surface area contributed by atoms with Gasteiger partial charge in [-0.2, -0.15) is 0 Å². The maximum atomic E-state index is 13.5. The molecule has 1 N–H and O–H groups in total. The van der Waals surface area contributed by atoms with Crippen LogP contribution < -0.4 is 10.2 Å². The van der Waals surface area contributed by atoms with E-state index in [2.05, 4.69) is 10.2 Å². The van der Waals surface area contributed by atoms with E-state index >= 15 is 0 Å². The van der Waals surface area contributed by atoms with Crippen molar-refractivity contribution in [1.29, 1.82) is 0 Å². The Hall–Kier alpha value is -3.05. The SMILES string of the molecule is COC(=O)c1ccc(NC(=O)C[C@H]2C(=O)N(c3ccc(Cl)cc3)C(=S)N2CCN2CCOCC2)cc1. The Bertz CT molecular complexity index is 1120. The van der Waals surface area contributed by atoms with Gasteiger partial charge in [0.2, 0.25) is 5.91 Å². The molecule has 0 radical (unpaired) electrons. The summed E-state index contributed by atoms with van der Waals surface area (Å²) in [5.74, 6) is -1.06. The average molecular weight is 531 g/mol. The molecule has 2 heterocycles. The number of hydrogen-bond acceptors (Lipinski definition) is 7. The normalized spacial score (nSPS) is 18.4. The van der Waals surface area contributed by atoms with Gasteiger partial charge in [0, 0.05) is 36.9 Å². The number of hydrogen-bond donors (Lipinski definition) is 1. The van der Waals surface area contributed by atoms with Crippen LogP contribution in [0.4, 0.5) is 11.4 Å². The molecule has 36 heavy (non-hydrogen) atoms. The summed E-state index contributed by atoms with van der Waals surface area (Å²) >= 11 is 11.7. The van der Waals surface area contributed by atoms with E-state index in [0.717, 1.165) is 13.1 Å². The lowest BCUT2D eigenvalue weighted by Crippen LogP contribution is -2.45. The first kappa shape index (κ1) is 26.0. The summed E-state index contributed by atoms with van der Waals surface area (Å²) in [4.78, 5) is 43.6. The van der Waals surface area contributed by atoms with Gasteiger partial charge in [0.05, 0.1) is 38.0 Å². The summed E-state index contributed by atoms with van der Waals surface area (Å²) in [7, 11) is 1.30. The molecule has 2 amide bonds. The van der Waals surface area contributed by atoms with E-state index in [1.165, 1.54) is 12.0 Å². The van der Waals surface area contributed by atoms with E-state index < -0.39 is 12.0 Å². The standard InChI is InChI=1S/C25H27ClN4O5S/c1-34-24(33)17-2-6-19(7-3-17)27-22(31)16-21-23(32)30(20-8-4-18(26)5-9-20)25(36)29(21)11-10-28-12-14-35-15-13-28/h2-9,21H,10-16H2,1H3,(H,27,31)/t21-/m0/s1. The molecule has 0 bridgehead atoms. The van der Waals surface area contributed by atoms with Gasteiger partial charge in [-0.1, -0.05) is 11.6 Å². The van der Waals surface area contributed by atoms with Crippen LogP contribution in [0.3, 0.4) is 0 Å². The van der Waals surface area contributed by atoms with Crippen LogP contribution in [-0.4, -0.2) is 85.2 Å². The van der Waals surface area contributed by atoms with E-state index in [9.17, 15) is 14.4 Å². The number of amides is 2. The van der Waals surface area contributed by atoms with Crippen molar-refractivity contribution in [3.63, 3.8) is 0 Å². The molecular formula is C25H27ClN4O5S. The Morgan fingerprint density at radius 2 is 1.75 bits per heavy atom. The molecule has 0 saturated carbocycles. The summed E-state index contributed by atoms with van der Waals surface area (Å²) in [6, 6.07) is 12.5. The van der Waals surface area contributed by atoms with Gasteiger partial charge in [0.1, 0.15) is 6.04 Å². The van der Waals surface area contributed by atoms with Crippen molar-refractivity contribution in [3.05, 3.63) is 59.1 Å². The summed E-state index contributed by atoms with van der Waals surface area (Å²) in [5, 5.41) is 3.71. The van der Waals surface area contributed by atoms with E-state index in [-0.39, 0.29) is 18.2 Å². The molecule has 0 unspecified atom stereocenters. The molecule has 2 aliphatic heterocycles. The fourth-order valence-corrected chi connectivity index (χ4v) is 4.72. The minimum Gasteiger partial charge on any atom is -0.465 e. The smallest absolute Gasteiger partial charge is 0.337 e. The predicted octanol–water partition coefficient (Wildman–Crippen LogP) is 2.79. The molecule has 2 aromatic carbocycles. The van der Waals surface area contributed by atoms with Gasteiger partial charge in [-0.3, -0.25) is 19.4 Å². The highest BCUT2D eigenvalue weighted by atomic mass is 35.5. The zero-order chi connectivity index (χ0) is 25.7. The van der Waals surface area contributed by atoms with Crippen molar-refractivity contribution in [2.75, 3.05) is 56.7 Å². The molecule has 0 aromatic heterocycles. The minimum atomic E-state index is -0.747. The molecule has 2 aromatic rings. The Kier molecular flexibility index (Phi) is 8.52. The number of halogens is 1. The van der Waals surface area contributed by atoms with Gasteiger partial charge in [-0.25, -0.2) is 4.79 Å². The molecule has 190 valence electrons. The molecule has 2 fully saturated rings. The molecular weight excluding hydrogens is 504 g/mol. The van der Waals surface area contributed by atoms with Gasteiger partial charge in [-0.15, -0.1) is 0 Å². The number of ether oxygens (including phenoxy) is 2. The third-order valence-electron chi connectivity index (χ3n) is 6.13. The number of anilines is 2. The quantitative estimate of drug-likeness (QED) is 0.411. The topological polar surface area (TPSA) is 91.4 Å². The number of morpholine rings is 1. The number of nitrogens with one attached hydrogen (secondary N) is 1. The van der Waals surface area contributed by atoms with E-state index in [1.807, 2.05) is 4.90 Å². The maximum absolute atomic E-state index is 13.5. The summed E-state index contributed by atoms with van der Waals surface area (Å²) in [6.45, 7) is 4.14. The first-order valence-corrected chi connectivity index (χ1v) is 12.3. The van der Waals surface area contributed by atoms with Crippen molar-refractivity contribution < 1.29 is 23.9 Å². The fraction of sp³-hybridized carbons (Fsp3) is 0.360. The first-order chi connectivity index (χ1) is 17.4. The van der Waals surface area contributed by atoms with Crippen molar-refractivity contribution >= 4 is 58.1 Å². The lowest BCUT2D eigenvalue weighted by Gasteiger charge is -2.30. The Labute approximate surface area is 219 Å². The Balaban J connectivity index is 1.49. The molecule has 0 aliphatic carbocycles. The van der Waals surface area contributed by atoms with Crippen molar-refractivity contribution in [2.45, 2.75) is 12.5 Å². The van der Waals surface area contributed by atoms with E-state index in [4.69, 9.17) is 33.3 Å². The Morgan fingerprint density at radius 3 is 2.39 bits per heavy atom. The summed E-state index contributed by atoms with van der Waals surface area (Å²) in [5.41, 5.74) is 1.49. The Morgan fingerprint density at radius 1 is 1.08 bits per heavy atom. The van der Waals surface area contributed by atoms with Crippen LogP contribution in [0, 0.1) is 0 Å². The second-order valence-electron chi connectivity index (χ2n) is 8.42. The highest BCUT2D eigenvalue weighted by molar-refractivity contribution is 7.80. The van der Waals surface area contributed by atoms with Crippen LogP contribution in [0.25, 0.3) is 0 Å². The summed E-state index contributed by atoms with van der Waals surface area (Å²) < 4.78 is 10.1. The van der Waals surface area contributed by atoms with Crippen LogP contribution in [0.15, 0.2) is 48.5 Å². The zero-order valence-corrected chi connectivity index (χ0v) is 21.4. The van der Waals surface area contributed by atoms with Gasteiger partial charge in [-0.05, 0) is 60.7 Å². The number of benzene rings is 2. The molecule has 11 heteroatoms. The molecule has 9 nitrogen and oxygen atoms in total. The van der Waals surface area contributed by atoms with Crippen molar-refractivity contribution in [1.82, 2.24) is 9.80 Å². The van der Waals surface area contributed by atoms with Gasteiger partial charge >= 0.3 is 5.97 Å². The third kappa shape index (κ3) is 6.01. The van der Waals surface area contributed by atoms with Crippen LogP contribution in [0.5, 0.6) is 0 Å². The number of esters is 1. The van der Waals surface area contributed by atoms with Crippen molar-refractivity contribution in [3.8, 4) is 0 Å². The van der Waals surface area contributed by atoms with Gasteiger partial charge < -0.3 is 19.7 Å². The first-order valence-electron chi connectivity index (χ1n) is 11.6. The monoisotopic (exact) mass is 530 g/mol. The van der Waals surface area contributed by atoms with E-state index in [1.54, 1.807) is 48.5 Å². The number of carbonyl (C=O) groups is 3. The highest BCUT2D eigenvalue weighted by Gasteiger charge is 2.44. The molecule has 1 atom stereocenters. The molecule has 2 aliphatic rings. The second kappa shape index (κ2) is 11.8. The number of methoxy groups -OCH3 is 1. The van der Waals surface area contributed by atoms with Gasteiger partial charge in [0.25, 0.3) is 5.91 Å². The molecule has 2 saturated heterocycles. The average Bonchev–Trinajstić information content (AvgIpc) is 3.12. The van der Waals surface area contributed by atoms with Crippen LogP contribution in [-0.2, 0) is 19.1 Å². The number of nitrogens with zero attached hydrogens (tertiary/aromatic N) is 3. The summed E-state index contributed by atoms with van der Waals surface area (Å²) in [6.07, 6.45) is -0.0784.